The molecule has 23 heavy (non-hydrogen) atoms. The van der Waals surface area contributed by atoms with Gasteiger partial charge in [0.25, 0.3) is 0 Å². The molecule has 1 atom stereocenters. The fraction of sp³-hybridized carbons (Fsp3) is 0.375. The van der Waals surface area contributed by atoms with Gasteiger partial charge in [-0.2, -0.15) is 0 Å². The summed E-state index contributed by atoms with van der Waals surface area (Å²) in [5.74, 6) is -0.434. The number of nitrogens with zero attached hydrogens (tertiary/aromatic N) is 2. The maximum Gasteiger partial charge on any atom is 0.220 e. The highest BCUT2D eigenvalue weighted by atomic mass is 35.5. The number of hydrogen-bond acceptors (Lipinski definition) is 4. The molecular weight excluding hydrogens is 337 g/mol. The number of benzene rings is 1. The summed E-state index contributed by atoms with van der Waals surface area (Å²) in [5.41, 5.74) is 0.403. The molecule has 3 rings (SSSR count). The van der Waals surface area contributed by atoms with E-state index in [0.717, 1.165) is 24.6 Å². The summed E-state index contributed by atoms with van der Waals surface area (Å²) in [5, 5.41) is 6.31. The van der Waals surface area contributed by atoms with Gasteiger partial charge in [0.2, 0.25) is 5.91 Å². The Balaban J connectivity index is 1.49. The Bertz CT molecular complexity index is 660. The van der Waals surface area contributed by atoms with E-state index in [9.17, 15) is 9.18 Å². The van der Waals surface area contributed by atoms with Crippen molar-refractivity contribution in [2.45, 2.75) is 25.3 Å². The first-order valence-electron chi connectivity index (χ1n) is 7.50. The minimum atomic E-state index is -0.360. The summed E-state index contributed by atoms with van der Waals surface area (Å²) >= 11 is 7.57. The van der Waals surface area contributed by atoms with Crippen LogP contribution in [0.1, 0.15) is 18.4 Å². The van der Waals surface area contributed by atoms with E-state index in [4.69, 9.17) is 11.6 Å². The summed E-state index contributed by atoms with van der Waals surface area (Å²) in [6.07, 6.45) is 3.21. The molecular formula is C16H17ClFN3OS. The number of halogens is 2. The van der Waals surface area contributed by atoms with Gasteiger partial charge >= 0.3 is 0 Å². The molecule has 1 fully saturated rings. The van der Waals surface area contributed by atoms with Crippen LogP contribution >= 0.6 is 22.9 Å². The highest BCUT2D eigenvalue weighted by Crippen LogP contribution is 2.23. The molecule has 1 N–H and O–H groups in total. The molecule has 1 aromatic carbocycles. The largest absolute Gasteiger partial charge is 0.352 e. The molecule has 0 spiro atoms. The van der Waals surface area contributed by atoms with Gasteiger partial charge in [0.15, 0.2) is 5.13 Å². The molecule has 1 aliphatic rings. The molecule has 7 heteroatoms. The van der Waals surface area contributed by atoms with Crippen LogP contribution in [0.15, 0.2) is 29.8 Å². The third-order valence-corrected chi connectivity index (χ3v) is 5.09. The minimum Gasteiger partial charge on any atom is -0.352 e. The molecule has 1 saturated heterocycles. The molecule has 0 saturated carbocycles. The second-order valence-electron chi connectivity index (χ2n) is 5.51. The van der Waals surface area contributed by atoms with Crippen molar-refractivity contribution in [2.75, 3.05) is 18.0 Å². The van der Waals surface area contributed by atoms with Crippen molar-refractivity contribution in [3.63, 3.8) is 0 Å². The van der Waals surface area contributed by atoms with E-state index < -0.39 is 0 Å². The lowest BCUT2D eigenvalue weighted by molar-refractivity contribution is -0.121. The van der Waals surface area contributed by atoms with Crippen molar-refractivity contribution in [2.24, 2.45) is 0 Å². The maximum atomic E-state index is 13.7. The molecule has 4 nitrogen and oxygen atoms in total. The maximum absolute atomic E-state index is 13.7. The molecule has 0 bridgehead atoms. The topological polar surface area (TPSA) is 45.2 Å². The summed E-state index contributed by atoms with van der Waals surface area (Å²) in [6.45, 7) is 1.65. The Kier molecular flexibility index (Phi) is 5.13. The van der Waals surface area contributed by atoms with E-state index >= 15 is 0 Å². The fourth-order valence-electron chi connectivity index (χ4n) is 2.73. The average Bonchev–Trinajstić information content (AvgIpc) is 3.17. The Morgan fingerprint density at radius 1 is 1.52 bits per heavy atom. The van der Waals surface area contributed by atoms with Crippen molar-refractivity contribution in [3.8, 4) is 0 Å². The van der Waals surface area contributed by atoms with Gasteiger partial charge in [-0.3, -0.25) is 4.79 Å². The molecule has 1 aliphatic heterocycles. The van der Waals surface area contributed by atoms with Gasteiger partial charge in [-0.15, -0.1) is 11.3 Å². The lowest BCUT2D eigenvalue weighted by Crippen LogP contribution is -2.37. The molecule has 1 aromatic heterocycles. The zero-order valence-corrected chi connectivity index (χ0v) is 14.0. The highest BCUT2D eigenvalue weighted by Gasteiger charge is 2.25. The average molecular weight is 354 g/mol. The molecule has 1 amide bonds. The number of thiazole rings is 1. The lowest BCUT2D eigenvalue weighted by atomic mass is 10.1. The highest BCUT2D eigenvalue weighted by molar-refractivity contribution is 7.13. The van der Waals surface area contributed by atoms with Crippen LogP contribution < -0.4 is 10.2 Å². The van der Waals surface area contributed by atoms with E-state index in [2.05, 4.69) is 15.2 Å². The van der Waals surface area contributed by atoms with Crippen molar-refractivity contribution < 1.29 is 9.18 Å². The monoisotopic (exact) mass is 353 g/mol. The third kappa shape index (κ3) is 4.00. The van der Waals surface area contributed by atoms with E-state index in [0.29, 0.717) is 17.0 Å². The van der Waals surface area contributed by atoms with Crippen LogP contribution in [0.25, 0.3) is 0 Å². The number of carbonyl (C=O) groups excluding carboxylic acids is 1. The zero-order valence-electron chi connectivity index (χ0n) is 12.5. The van der Waals surface area contributed by atoms with Gasteiger partial charge in [-0.05, 0) is 25.0 Å². The molecule has 2 heterocycles. The number of anilines is 1. The van der Waals surface area contributed by atoms with Gasteiger partial charge in [0, 0.05) is 47.7 Å². The van der Waals surface area contributed by atoms with Crippen LogP contribution in [0, 0.1) is 5.82 Å². The second-order valence-corrected chi connectivity index (χ2v) is 6.79. The minimum absolute atomic E-state index is 0.0738. The summed E-state index contributed by atoms with van der Waals surface area (Å²) < 4.78 is 13.7. The van der Waals surface area contributed by atoms with Crippen LogP contribution in [-0.2, 0) is 11.2 Å². The first-order chi connectivity index (χ1) is 11.1. The Labute approximate surface area is 143 Å². The number of rotatable bonds is 5. The number of amides is 1. The number of hydrogen-bond donors (Lipinski definition) is 1. The molecule has 0 aliphatic carbocycles. The van der Waals surface area contributed by atoms with Crippen molar-refractivity contribution in [1.82, 2.24) is 10.3 Å². The van der Waals surface area contributed by atoms with E-state index in [-0.39, 0.29) is 24.2 Å². The van der Waals surface area contributed by atoms with Crippen LogP contribution in [0.4, 0.5) is 9.52 Å². The fourth-order valence-corrected chi connectivity index (χ4v) is 3.67. The van der Waals surface area contributed by atoms with Crippen LogP contribution in [0.3, 0.4) is 0 Å². The van der Waals surface area contributed by atoms with Crippen LogP contribution in [-0.4, -0.2) is 30.0 Å². The SMILES string of the molecule is O=C(CCc1c(F)cccc1Cl)NC1CCN(c2nccs2)C1. The van der Waals surface area contributed by atoms with Gasteiger partial charge < -0.3 is 10.2 Å². The second kappa shape index (κ2) is 7.27. The van der Waals surface area contributed by atoms with Crippen molar-refractivity contribution in [1.29, 1.82) is 0 Å². The predicted octanol–water partition coefficient (Wildman–Crippen LogP) is 3.26. The van der Waals surface area contributed by atoms with Crippen LogP contribution in [0.5, 0.6) is 0 Å². The van der Waals surface area contributed by atoms with Gasteiger partial charge in [0.05, 0.1) is 0 Å². The number of aromatic nitrogens is 1. The van der Waals surface area contributed by atoms with Gasteiger partial charge in [-0.25, -0.2) is 9.37 Å². The zero-order chi connectivity index (χ0) is 16.2. The quantitative estimate of drug-likeness (QED) is 0.897. The molecule has 2 aromatic rings. The predicted molar refractivity (Wildman–Crippen MR) is 90.6 cm³/mol. The smallest absolute Gasteiger partial charge is 0.220 e. The van der Waals surface area contributed by atoms with E-state index in [1.165, 1.54) is 6.07 Å². The standard InChI is InChI=1S/C16H17ClFN3OS/c17-13-2-1-3-14(18)12(13)4-5-15(22)20-11-6-8-21(10-11)16-19-7-9-23-16/h1-3,7,9,11H,4-6,8,10H2,(H,20,22). The van der Waals surface area contributed by atoms with Crippen molar-refractivity contribution in [3.05, 3.63) is 46.2 Å². The molecule has 1 unspecified atom stereocenters. The Morgan fingerprint density at radius 2 is 2.39 bits per heavy atom. The Hall–Kier alpha value is -1.66. The van der Waals surface area contributed by atoms with E-state index in [1.807, 2.05) is 5.38 Å². The van der Waals surface area contributed by atoms with Crippen LogP contribution in [0.2, 0.25) is 5.02 Å². The van der Waals surface area contributed by atoms with Gasteiger partial charge in [0.1, 0.15) is 5.82 Å². The first-order valence-corrected chi connectivity index (χ1v) is 8.76. The normalized spacial score (nSPS) is 17.5. The van der Waals surface area contributed by atoms with E-state index in [1.54, 1.807) is 29.7 Å². The Morgan fingerprint density at radius 3 is 3.13 bits per heavy atom. The summed E-state index contributed by atoms with van der Waals surface area (Å²) in [4.78, 5) is 18.5. The summed E-state index contributed by atoms with van der Waals surface area (Å²) in [6, 6.07) is 4.68. The van der Waals surface area contributed by atoms with Crippen molar-refractivity contribution >= 4 is 34.0 Å². The molecule has 0 radical (unpaired) electrons. The summed E-state index contributed by atoms with van der Waals surface area (Å²) in [7, 11) is 0. The first kappa shape index (κ1) is 16.2. The molecule has 122 valence electrons. The number of carbonyl (C=O) groups is 1. The van der Waals surface area contributed by atoms with Gasteiger partial charge in [-0.1, -0.05) is 17.7 Å². The number of nitrogens with one attached hydrogen (secondary N) is 1. The lowest BCUT2D eigenvalue weighted by Gasteiger charge is -2.16. The third-order valence-electron chi connectivity index (χ3n) is 3.91.